The summed E-state index contributed by atoms with van der Waals surface area (Å²) in [7, 11) is -3.60. The van der Waals surface area contributed by atoms with Crippen molar-refractivity contribution in [1.82, 2.24) is 24.6 Å². The number of carbonyl (C=O) groups excluding carboxylic acids is 2. The Bertz CT molecular complexity index is 1070. The number of fused-ring (bicyclic) bond motifs is 1. The number of rotatable bonds is 15. The number of ether oxygens (including phenoxy) is 3. The predicted molar refractivity (Wildman–Crippen MR) is 136 cm³/mol. The number of hydrogen-bond donors (Lipinski definition) is 2. The number of carbonyl (C=O) groups is 2. The minimum Gasteiger partial charge on any atom is -0.466 e. The largest absolute Gasteiger partial charge is 0.466 e. The van der Waals surface area contributed by atoms with E-state index >= 15 is 0 Å². The summed E-state index contributed by atoms with van der Waals surface area (Å²) < 4.78 is 37.1. The summed E-state index contributed by atoms with van der Waals surface area (Å²) >= 11 is 0. The Balaban J connectivity index is 1.57. The van der Waals surface area contributed by atoms with Crippen LogP contribution in [0, 0.1) is 0 Å². The van der Waals surface area contributed by atoms with Gasteiger partial charge in [0.15, 0.2) is 11.5 Å². The van der Waals surface area contributed by atoms with Gasteiger partial charge in [0.25, 0.3) is 7.52 Å². The number of imidazole rings is 1. The molecule has 0 saturated carbocycles. The quantitative estimate of drug-likeness (QED) is 0.193. The van der Waals surface area contributed by atoms with Crippen molar-refractivity contribution in [3.8, 4) is 0 Å². The molecule has 2 aromatic heterocycles. The molecule has 1 fully saturated rings. The second-order valence-electron chi connectivity index (χ2n) is 8.90. The Morgan fingerprint density at radius 2 is 1.89 bits per heavy atom. The third kappa shape index (κ3) is 8.74. The van der Waals surface area contributed by atoms with Gasteiger partial charge in [0.1, 0.15) is 30.3 Å². The van der Waals surface area contributed by atoms with E-state index in [2.05, 4.69) is 20.0 Å². The first-order valence-corrected chi connectivity index (χ1v) is 14.5. The predicted octanol–water partition coefficient (Wildman–Crippen LogP) is 2.79. The van der Waals surface area contributed by atoms with Crippen molar-refractivity contribution in [2.45, 2.75) is 77.5 Å². The lowest BCUT2D eigenvalue weighted by Gasteiger charge is -2.31. The maximum absolute atomic E-state index is 13.3. The zero-order chi connectivity index (χ0) is 26.7. The van der Waals surface area contributed by atoms with E-state index < -0.39 is 31.6 Å². The lowest BCUT2D eigenvalue weighted by atomic mass is 10.2. The minimum absolute atomic E-state index is 0.00967. The molecule has 14 heteroatoms. The van der Waals surface area contributed by atoms with E-state index in [0.717, 1.165) is 32.1 Å². The zero-order valence-electron chi connectivity index (χ0n) is 21.5. The number of nitrogen functional groups attached to an aromatic ring is 1. The molecule has 0 aromatic carbocycles. The highest BCUT2D eigenvalue weighted by atomic mass is 31.2. The molecule has 37 heavy (non-hydrogen) atoms. The van der Waals surface area contributed by atoms with Gasteiger partial charge in [-0.1, -0.05) is 39.5 Å². The van der Waals surface area contributed by atoms with Crippen LogP contribution in [-0.4, -0.2) is 69.8 Å². The van der Waals surface area contributed by atoms with E-state index in [1.807, 2.05) is 13.8 Å². The van der Waals surface area contributed by atoms with E-state index in [1.165, 1.54) is 6.33 Å². The molecule has 0 bridgehead atoms. The molecule has 1 aliphatic heterocycles. The molecule has 0 aliphatic carbocycles. The topological polar surface area (TPSA) is 170 Å². The van der Waals surface area contributed by atoms with E-state index in [0.29, 0.717) is 24.1 Å². The number of nitrogens with two attached hydrogens (primary N) is 1. The number of nitrogens with zero attached hydrogens (tertiary/aromatic N) is 4. The summed E-state index contributed by atoms with van der Waals surface area (Å²) in [4.78, 5) is 37.4. The van der Waals surface area contributed by atoms with Gasteiger partial charge in [-0.05, 0) is 12.8 Å². The number of anilines is 1. The molecule has 1 aliphatic rings. The summed E-state index contributed by atoms with van der Waals surface area (Å²) in [5, 5.41) is 2.70. The molecule has 3 atom stereocenters. The van der Waals surface area contributed by atoms with Crippen LogP contribution in [0.2, 0.25) is 0 Å². The molecule has 1 saturated heterocycles. The van der Waals surface area contributed by atoms with E-state index in [-0.39, 0.29) is 38.4 Å². The molecule has 3 heterocycles. The lowest BCUT2D eigenvalue weighted by Crippen LogP contribution is -2.42. The number of hydrogen-bond acceptors (Lipinski definition) is 11. The van der Waals surface area contributed by atoms with Crippen molar-refractivity contribution < 1.29 is 32.9 Å². The van der Waals surface area contributed by atoms with Crippen LogP contribution in [0.5, 0.6) is 0 Å². The molecule has 13 nitrogen and oxygen atoms in total. The average molecular weight is 541 g/mol. The van der Waals surface area contributed by atoms with Gasteiger partial charge in [0, 0.05) is 0 Å². The van der Waals surface area contributed by atoms with Crippen LogP contribution >= 0.6 is 7.52 Å². The molecule has 2 unspecified atom stereocenters. The molecular weight excluding hydrogens is 503 g/mol. The third-order valence-corrected chi connectivity index (χ3v) is 7.55. The smallest absolute Gasteiger partial charge is 0.324 e. The van der Waals surface area contributed by atoms with Crippen LogP contribution in [0.25, 0.3) is 11.2 Å². The first kappa shape index (κ1) is 29.0. The minimum atomic E-state index is -3.60. The van der Waals surface area contributed by atoms with Crippen molar-refractivity contribution in [2.75, 3.05) is 31.9 Å². The maximum atomic E-state index is 13.3. The lowest BCUT2D eigenvalue weighted by molar-refractivity contribution is -0.152. The van der Waals surface area contributed by atoms with Crippen molar-refractivity contribution in [2.24, 2.45) is 0 Å². The fourth-order valence-corrected chi connectivity index (χ4v) is 5.44. The molecule has 0 amide bonds. The van der Waals surface area contributed by atoms with Gasteiger partial charge in [-0.25, -0.2) is 20.0 Å². The van der Waals surface area contributed by atoms with E-state index in [9.17, 15) is 14.2 Å². The molecule has 0 spiro atoms. The molecule has 3 N–H and O–H groups in total. The van der Waals surface area contributed by atoms with Crippen molar-refractivity contribution in [3.63, 3.8) is 0 Å². The van der Waals surface area contributed by atoms with Crippen molar-refractivity contribution >= 4 is 36.4 Å². The van der Waals surface area contributed by atoms with Crippen LogP contribution < -0.4 is 10.8 Å². The standard InChI is InChI=1S/C23H37N6O7P/c1-3-5-7-9-33-19(30)11-18(23(31)34-10-8-6-4-2)28-37(32)16-35-17(13-36-37)12-29-15-27-20-21(24)25-14-26-22(20)29/h14-15,17-18H,3-13,16H2,1-2H3,(H,28,32)(H2,24,25,26)/t17?,18-,37?/m1/s1. The van der Waals surface area contributed by atoms with Gasteiger partial charge in [-0.2, -0.15) is 0 Å². The first-order chi connectivity index (χ1) is 17.8. The van der Waals surface area contributed by atoms with Gasteiger partial charge < -0.3 is 29.0 Å². The van der Waals surface area contributed by atoms with Crippen LogP contribution in [0.1, 0.15) is 58.8 Å². The third-order valence-electron chi connectivity index (χ3n) is 5.79. The van der Waals surface area contributed by atoms with Crippen molar-refractivity contribution in [1.29, 1.82) is 0 Å². The second-order valence-corrected chi connectivity index (χ2v) is 11.0. The Morgan fingerprint density at radius 1 is 1.16 bits per heavy atom. The fraction of sp³-hybridized carbons (Fsp3) is 0.696. The van der Waals surface area contributed by atoms with Crippen LogP contribution in [0.15, 0.2) is 12.7 Å². The zero-order valence-corrected chi connectivity index (χ0v) is 22.4. The van der Waals surface area contributed by atoms with Gasteiger partial charge in [-0.3, -0.25) is 14.2 Å². The van der Waals surface area contributed by atoms with Gasteiger partial charge >= 0.3 is 11.9 Å². The Labute approximate surface area is 216 Å². The van der Waals surface area contributed by atoms with Gasteiger partial charge in [-0.15, -0.1) is 0 Å². The summed E-state index contributed by atoms with van der Waals surface area (Å²) in [5.74, 6) is -0.978. The number of esters is 2. The van der Waals surface area contributed by atoms with Crippen LogP contribution in [0.4, 0.5) is 5.82 Å². The Hall–Kier alpha value is -2.60. The second kappa shape index (κ2) is 14.4. The number of nitrogens with one attached hydrogen (secondary N) is 1. The van der Waals surface area contributed by atoms with E-state index in [4.69, 9.17) is 24.5 Å². The Kier molecular flexibility index (Phi) is 11.2. The SMILES string of the molecule is CCCCCOC(=O)C[C@@H](NP1(=O)COC(Cn2cnc3c(N)ncnc32)CO1)C(=O)OCCCCC. The van der Waals surface area contributed by atoms with E-state index in [1.54, 1.807) is 10.9 Å². The molecular formula is C23H37N6O7P. The average Bonchev–Trinajstić information content (AvgIpc) is 3.29. The van der Waals surface area contributed by atoms with Gasteiger partial charge in [0.05, 0.1) is 39.1 Å². The molecule has 0 radical (unpaired) electrons. The summed E-state index contributed by atoms with van der Waals surface area (Å²) in [6.07, 6.45) is 7.12. The van der Waals surface area contributed by atoms with Crippen LogP contribution in [0.3, 0.4) is 0 Å². The highest BCUT2D eigenvalue weighted by Crippen LogP contribution is 2.46. The highest BCUT2D eigenvalue weighted by Gasteiger charge is 2.38. The first-order valence-electron chi connectivity index (χ1n) is 12.7. The summed E-state index contributed by atoms with van der Waals surface area (Å²) in [6, 6.07) is -1.18. The normalized spacial score (nSPS) is 20.5. The number of aromatic nitrogens is 4. The number of unbranched alkanes of at least 4 members (excludes halogenated alkanes) is 4. The molecule has 206 valence electrons. The van der Waals surface area contributed by atoms with Crippen molar-refractivity contribution in [3.05, 3.63) is 12.7 Å². The molecule has 3 rings (SSSR count). The Morgan fingerprint density at radius 3 is 2.57 bits per heavy atom. The fourth-order valence-electron chi connectivity index (χ4n) is 3.73. The summed E-state index contributed by atoms with van der Waals surface area (Å²) in [5.41, 5.74) is 6.86. The summed E-state index contributed by atoms with van der Waals surface area (Å²) in [6.45, 7) is 4.89. The monoisotopic (exact) mass is 540 g/mol. The highest BCUT2D eigenvalue weighted by molar-refractivity contribution is 7.56. The molecule has 2 aromatic rings. The van der Waals surface area contributed by atoms with Gasteiger partial charge in [0.2, 0.25) is 0 Å². The maximum Gasteiger partial charge on any atom is 0.324 e. The van der Waals surface area contributed by atoms with Crippen LogP contribution in [-0.2, 0) is 39.4 Å².